The zero-order valence-electron chi connectivity index (χ0n) is 15.5. The highest BCUT2D eigenvalue weighted by Gasteiger charge is 2.17. The van der Waals surface area contributed by atoms with Crippen molar-refractivity contribution in [1.29, 1.82) is 0 Å². The number of hydrogen-bond donors (Lipinski definition) is 1. The van der Waals surface area contributed by atoms with Gasteiger partial charge in [-0.25, -0.2) is 0 Å². The molecule has 1 aliphatic rings. The van der Waals surface area contributed by atoms with Gasteiger partial charge in [0, 0.05) is 23.3 Å². The molecule has 142 valence electrons. The number of carbonyl (C=O) groups is 1. The molecule has 1 heterocycles. The van der Waals surface area contributed by atoms with Gasteiger partial charge in [0.25, 0.3) is 0 Å². The number of methoxy groups -OCH3 is 1. The molecule has 0 radical (unpaired) electrons. The number of aryl methyl sites for hydroxylation is 1. The van der Waals surface area contributed by atoms with Gasteiger partial charge in [0.15, 0.2) is 11.5 Å². The van der Waals surface area contributed by atoms with E-state index in [2.05, 4.69) is 36.5 Å². The molecule has 1 aliphatic heterocycles. The van der Waals surface area contributed by atoms with Gasteiger partial charge in [-0.15, -0.1) is 11.8 Å². The number of amides is 1. The van der Waals surface area contributed by atoms with Crippen molar-refractivity contribution in [2.75, 3.05) is 32.6 Å². The molecule has 0 fully saturated rings. The van der Waals surface area contributed by atoms with E-state index in [0.29, 0.717) is 37.0 Å². The van der Waals surface area contributed by atoms with Crippen LogP contribution in [0.15, 0.2) is 47.4 Å². The van der Waals surface area contributed by atoms with Crippen molar-refractivity contribution in [2.24, 2.45) is 0 Å². The van der Waals surface area contributed by atoms with Crippen LogP contribution in [0.25, 0.3) is 6.08 Å². The second kappa shape index (κ2) is 9.37. The van der Waals surface area contributed by atoms with Crippen LogP contribution in [-0.2, 0) is 4.79 Å². The van der Waals surface area contributed by atoms with E-state index in [9.17, 15) is 4.79 Å². The third-order valence-corrected chi connectivity index (χ3v) is 4.98. The SMILES string of the molecule is COc1cc(/C=C/C(=O)NCCSc2ccc(C)cc2)cc2c1OCCO2. The van der Waals surface area contributed by atoms with Crippen molar-refractivity contribution in [1.82, 2.24) is 5.32 Å². The van der Waals surface area contributed by atoms with Crippen molar-refractivity contribution in [2.45, 2.75) is 11.8 Å². The Morgan fingerprint density at radius 3 is 2.78 bits per heavy atom. The molecular weight excluding hydrogens is 362 g/mol. The highest BCUT2D eigenvalue weighted by molar-refractivity contribution is 7.99. The van der Waals surface area contributed by atoms with Crippen LogP contribution in [0.3, 0.4) is 0 Å². The number of hydrogen-bond acceptors (Lipinski definition) is 5. The van der Waals surface area contributed by atoms with Gasteiger partial charge in [-0.2, -0.15) is 0 Å². The van der Waals surface area contributed by atoms with Crippen molar-refractivity contribution < 1.29 is 19.0 Å². The van der Waals surface area contributed by atoms with E-state index in [0.717, 1.165) is 11.3 Å². The van der Waals surface area contributed by atoms with Crippen LogP contribution in [0.5, 0.6) is 17.2 Å². The second-order valence-corrected chi connectivity index (χ2v) is 7.20. The lowest BCUT2D eigenvalue weighted by Gasteiger charge is -2.20. The number of thioether (sulfide) groups is 1. The molecule has 0 spiro atoms. The molecule has 3 rings (SSSR count). The summed E-state index contributed by atoms with van der Waals surface area (Å²) < 4.78 is 16.5. The summed E-state index contributed by atoms with van der Waals surface area (Å²) in [7, 11) is 1.58. The molecule has 2 aromatic carbocycles. The molecular formula is C21H23NO4S. The molecule has 1 amide bonds. The molecule has 0 bridgehead atoms. The topological polar surface area (TPSA) is 56.8 Å². The molecule has 1 N–H and O–H groups in total. The average molecular weight is 385 g/mol. The Hall–Kier alpha value is -2.60. The molecule has 0 aliphatic carbocycles. The summed E-state index contributed by atoms with van der Waals surface area (Å²) in [6.45, 7) is 3.68. The Balaban J connectivity index is 1.50. The zero-order chi connectivity index (χ0) is 19.1. The van der Waals surface area contributed by atoms with Crippen LogP contribution >= 0.6 is 11.8 Å². The first-order chi connectivity index (χ1) is 13.2. The largest absolute Gasteiger partial charge is 0.493 e. The Morgan fingerprint density at radius 1 is 1.22 bits per heavy atom. The lowest BCUT2D eigenvalue weighted by molar-refractivity contribution is -0.116. The minimum atomic E-state index is -0.131. The summed E-state index contributed by atoms with van der Waals surface area (Å²) in [5.41, 5.74) is 2.06. The Labute approximate surface area is 163 Å². The van der Waals surface area contributed by atoms with E-state index < -0.39 is 0 Å². The highest BCUT2D eigenvalue weighted by Crippen LogP contribution is 2.40. The van der Waals surface area contributed by atoms with E-state index in [1.807, 2.05) is 12.1 Å². The van der Waals surface area contributed by atoms with Gasteiger partial charge in [-0.05, 0) is 42.8 Å². The summed E-state index contributed by atoms with van der Waals surface area (Å²) >= 11 is 1.72. The first kappa shape index (κ1) is 19.2. The zero-order valence-corrected chi connectivity index (χ0v) is 16.3. The van der Waals surface area contributed by atoms with Crippen molar-refractivity contribution in [3.8, 4) is 17.2 Å². The predicted molar refractivity (Wildman–Crippen MR) is 108 cm³/mol. The minimum absolute atomic E-state index is 0.131. The summed E-state index contributed by atoms with van der Waals surface area (Å²) in [4.78, 5) is 13.2. The molecule has 0 saturated carbocycles. The lowest BCUT2D eigenvalue weighted by atomic mass is 10.1. The minimum Gasteiger partial charge on any atom is -0.493 e. The molecule has 0 aromatic heterocycles. The first-order valence-electron chi connectivity index (χ1n) is 8.79. The average Bonchev–Trinajstić information content (AvgIpc) is 2.70. The standard InChI is InChI=1S/C21H23NO4S/c1-15-3-6-17(7-4-15)27-12-9-22-20(23)8-5-16-13-18(24-2)21-19(14-16)25-10-11-26-21/h3-8,13-14H,9-12H2,1-2H3,(H,22,23)/b8-5+. The van der Waals surface area contributed by atoms with Crippen LogP contribution in [0.4, 0.5) is 0 Å². The highest BCUT2D eigenvalue weighted by atomic mass is 32.2. The summed E-state index contributed by atoms with van der Waals surface area (Å²) in [6.07, 6.45) is 3.25. The van der Waals surface area contributed by atoms with Crippen LogP contribution in [-0.4, -0.2) is 38.5 Å². The fourth-order valence-electron chi connectivity index (χ4n) is 2.60. The maximum atomic E-state index is 12.0. The maximum absolute atomic E-state index is 12.0. The summed E-state index contributed by atoms with van der Waals surface area (Å²) in [5.74, 6) is 2.53. The maximum Gasteiger partial charge on any atom is 0.244 e. The lowest BCUT2D eigenvalue weighted by Crippen LogP contribution is -2.23. The first-order valence-corrected chi connectivity index (χ1v) is 9.77. The molecule has 0 unspecified atom stereocenters. The van der Waals surface area contributed by atoms with E-state index in [1.54, 1.807) is 24.9 Å². The van der Waals surface area contributed by atoms with Gasteiger partial charge in [0.2, 0.25) is 11.7 Å². The van der Waals surface area contributed by atoms with Crippen LogP contribution < -0.4 is 19.5 Å². The summed E-state index contributed by atoms with van der Waals surface area (Å²) in [5, 5.41) is 2.89. The number of carbonyl (C=O) groups excluding carboxylic acids is 1. The van der Waals surface area contributed by atoms with Gasteiger partial charge in [0.05, 0.1) is 7.11 Å². The monoisotopic (exact) mass is 385 g/mol. The van der Waals surface area contributed by atoms with Crippen molar-refractivity contribution in [3.63, 3.8) is 0 Å². The van der Waals surface area contributed by atoms with Gasteiger partial charge in [-0.3, -0.25) is 4.79 Å². The third kappa shape index (κ3) is 5.44. The predicted octanol–water partition coefficient (Wildman–Crippen LogP) is 3.70. The number of nitrogens with one attached hydrogen (secondary N) is 1. The van der Waals surface area contributed by atoms with Crippen LogP contribution in [0, 0.1) is 6.92 Å². The van der Waals surface area contributed by atoms with Crippen LogP contribution in [0.1, 0.15) is 11.1 Å². The molecule has 27 heavy (non-hydrogen) atoms. The molecule has 5 nitrogen and oxygen atoms in total. The van der Waals surface area contributed by atoms with Crippen LogP contribution in [0.2, 0.25) is 0 Å². The van der Waals surface area contributed by atoms with E-state index >= 15 is 0 Å². The van der Waals surface area contributed by atoms with Gasteiger partial charge in [-0.1, -0.05) is 17.7 Å². The number of ether oxygens (including phenoxy) is 3. The Morgan fingerprint density at radius 2 is 2.00 bits per heavy atom. The Bertz CT molecular complexity index is 800. The number of benzene rings is 2. The van der Waals surface area contributed by atoms with E-state index in [1.165, 1.54) is 16.5 Å². The Kier molecular flexibility index (Phi) is 6.65. The fourth-order valence-corrected chi connectivity index (χ4v) is 3.37. The molecule has 0 atom stereocenters. The van der Waals surface area contributed by atoms with Gasteiger partial charge in [0.1, 0.15) is 13.2 Å². The van der Waals surface area contributed by atoms with Crippen molar-refractivity contribution >= 4 is 23.7 Å². The van der Waals surface area contributed by atoms with Gasteiger partial charge < -0.3 is 19.5 Å². The molecule has 0 saturated heterocycles. The smallest absolute Gasteiger partial charge is 0.244 e. The number of fused-ring (bicyclic) bond motifs is 1. The van der Waals surface area contributed by atoms with Crippen molar-refractivity contribution in [3.05, 3.63) is 53.6 Å². The quantitative estimate of drug-likeness (QED) is 0.447. The summed E-state index contributed by atoms with van der Waals surface area (Å²) in [6, 6.07) is 12.0. The third-order valence-electron chi connectivity index (χ3n) is 3.97. The van der Waals surface area contributed by atoms with E-state index in [4.69, 9.17) is 14.2 Å². The normalized spacial score (nSPS) is 12.8. The van der Waals surface area contributed by atoms with Gasteiger partial charge >= 0.3 is 0 Å². The number of rotatable bonds is 7. The van der Waals surface area contributed by atoms with E-state index in [-0.39, 0.29) is 5.91 Å². The molecule has 2 aromatic rings. The fraction of sp³-hybridized carbons (Fsp3) is 0.286. The second-order valence-electron chi connectivity index (χ2n) is 6.03. The molecule has 6 heteroatoms.